The first kappa shape index (κ1) is 22.5. The second kappa shape index (κ2) is 11.2. The summed E-state index contributed by atoms with van der Waals surface area (Å²) in [5.74, 6) is -0.0766. The highest BCUT2D eigenvalue weighted by atomic mass is 32.1. The number of hydrogen-bond acceptors (Lipinski definition) is 6. The summed E-state index contributed by atoms with van der Waals surface area (Å²) >= 11 is 1.55. The van der Waals surface area contributed by atoms with Crippen molar-refractivity contribution >= 4 is 22.4 Å². The van der Waals surface area contributed by atoms with E-state index in [1.165, 1.54) is 31.2 Å². The van der Waals surface area contributed by atoms with E-state index < -0.39 is 0 Å². The van der Waals surface area contributed by atoms with E-state index in [0.717, 1.165) is 42.9 Å². The second-order valence-corrected chi connectivity index (χ2v) is 9.30. The lowest BCUT2D eigenvalue weighted by atomic mass is 10.2. The molecule has 32 heavy (non-hydrogen) atoms. The van der Waals surface area contributed by atoms with Crippen molar-refractivity contribution in [2.45, 2.75) is 38.6 Å². The van der Waals surface area contributed by atoms with Gasteiger partial charge in [0.15, 0.2) is 0 Å². The minimum absolute atomic E-state index is 0.0766. The first-order chi connectivity index (χ1) is 15.7. The fourth-order valence-electron chi connectivity index (χ4n) is 4.04. The number of carbonyl (C=O) groups excluding carboxylic acids is 1. The second-order valence-electron chi connectivity index (χ2n) is 8.36. The van der Waals surface area contributed by atoms with E-state index in [-0.39, 0.29) is 5.91 Å². The van der Waals surface area contributed by atoms with Crippen LogP contribution in [0.4, 0.5) is 5.13 Å². The quantitative estimate of drug-likeness (QED) is 0.498. The molecule has 1 fully saturated rings. The van der Waals surface area contributed by atoms with Crippen LogP contribution in [-0.2, 0) is 6.54 Å². The molecule has 2 aromatic heterocycles. The normalized spacial score (nSPS) is 14.5. The highest BCUT2D eigenvalue weighted by molar-refractivity contribution is 7.17. The molecule has 1 aliphatic rings. The largest absolute Gasteiger partial charge is 0.351 e. The molecule has 0 spiro atoms. The van der Waals surface area contributed by atoms with Crippen molar-refractivity contribution in [3.63, 3.8) is 0 Å². The molecule has 7 nitrogen and oxygen atoms in total. The molecule has 0 bridgehead atoms. The molecule has 170 valence electrons. The molecular formula is C24H32N6OS. The average Bonchev–Trinajstić information content (AvgIpc) is 3.41. The van der Waals surface area contributed by atoms with E-state index in [9.17, 15) is 4.79 Å². The van der Waals surface area contributed by atoms with E-state index in [2.05, 4.69) is 56.6 Å². The van der Waals surface area contributed by atoms with Gasteiger partial charge in [-0.25, -0.2) is 0 Å². The number of benzene rings is 1. The van der Waals surface area contributed by atoms with Crippen LogP contribution in [0, 0.1) is 0 Å². The average molecular weight is 453 g/mol. The Labute approximate surface area is 194 Å². The predicted octanol–water partition coefficient (Wildman–Crippen LogP) is 3.96. The van der Waals surface area contributed by atoms with E-state index in [4.69, 9.17) is 0 Å². The summed E-state index contributed by atoms with van der Waals surface area (Å²) in [6.07, 6.45) is 7.75. The monoisotopic (exact) mass is 452 g/mol. The number of nitrogens with one attached hydrogen (secondary N) is 1. The van der Waals surface area contributed by atoms with Crippen molar-refractivity contribution < 1.29 is 4.79 Å². The topological polar surface area (TPSA) is 66.3 Å². The van der Waals surface area contributed by atoms with Crippen LogP contribution in [0.2, 0.25) is 0 Å². The van der Waals surface area contributed by atoms with Gasteiger partial charge in [0, 0.05) is 32.4 Å². The maximum atomic E-state index is 12.8. The van der Waals surface area contributed by atoms with Crippen LogP contribution in [0.5, 0.6) is 0 Å². The number of carbonyl (C=O) groups is 1. The van der Waals surface area contributed by atoms with Crippen molar-refractivity contribution in [1.82, 2.24) is 25.0 Å². The Morgan fingerprint density at radius 3 is 2.56 bits per heavy atom. The lowest BCUT2D eigenvalue weighted by Gasteiger charge is -2.17. The Bertz CT molecular complexity index is 977. The van der Waals surface area contributed by atoms with Gasteiger partial charge in [-0.05, 0) is 50.6 Å². The minimum Gasteiger partial charge on any atom is -0.351 e. The third-order valence-corrected chi connectivity index (χ3v) is 6.75. The van der Waals surface area contributed by atoms with Gasteiger partial charge in [-0.1, -0.05) is 54.5 Å². The van der Waals surface area contributed by atoms with Crippen LogP contribution in [0.25, 0.3) is 5.13 Å². The van der Waals surface area contributed by atoms with Crippen molar-refractivity contribution in [2.75, 3.05) is 38.1 Å². The molecule has 8 heteroatoms. The molecule has 1 aliphatic heterocycles. The lowest BCUT2D eigenvalue weighted by molar-refractivity contribution is 0.0945. The molecule has 0 unspecified atom stereocenters. The molecule has 1 aromatic carbocycles. The molecular weight excluding hydrogens is 420 g/mol. The smallest absolute Gasteiger partial charge is 0.268 e. The summed E-state index contributed by atoms with van der Waals surface area (Å²) in [4.78, 5) is 17.4. The SMILES string of the molecule is CN(CCCNC(=O)c1cccn1-c1nnc(N2CCCCCC2)s1)Cc1ccccc1. The van der Waals surface area contributed by atoms with E-state index in [0.29, 0.717) is 12.2 Å². The third-order valence-electron chi connectivity index (χ3n) is 5.77. The Kier molecular flexibility index (Phi) is 7.90. The van der Waals surface area contributed by atoms with Gasteiger partial charge in [0.1, 0.15) is 5.69 Å². The maximum absolute atomic E-state index is 12.8. The fraction of sp³-hybridized carbons (Fsp3) is 0.458. The first-order valence-corrected chi connectivity index (χ1v) is 12.3. The zero-order chi connectivity index (χ0) is 22.2. The van der Waals surface area contributed by atoms with Gasteiger partial charge in [-0.2, -0.15) is 0 Å². The van der Waals surface area contributed by atoms with Crippen LogP contribution in [0.1, 0.15) is 48.2 Å². The zero-order valence-corrected chi connectivity index (χ0v) is 19.6. The summed E-state index contributed by atoms with van der Waals surface area (Å²) in [7, 11) is 2.11. The third kappa shape index (κ3) is 5.95. The number of nitrogens with zero attached hydrogens (tertiary/aromatic N) is 5. The Hall–Kier alpha value is -2.71. The standard InChI is InChI=1S/C24H32N6OS/c1-28(19-20-11-5-4-6-12-20)15-10-14-25-22(31)21-13-9-18-30(21)24-27-26-23(32-24)29-16-7-2-3-8-17-29/h4-6,9,11-13,18H,2-3,7-8,10,14-17,19H2,1H3,(H,25,31). The number of hydrogen-bond donors (Lipinski definition) is 1. The molecule has 0 aliphatic carbocycles. The van der Waals surface area contributed by atoms with Crippen molar-refractivity contribution in [3.8, 4) is 5.13 Å². The first-order valence-electron chi connectivity index (χ1n) is 11.5. The van der Waals surface area contributed by atoms with Gasteiger partial charge in [-0.15, -0.1) is 10.2 Å². The van der Waals surface area contributed by atoms with Crippen LogP contribution in [0.3, 0.4) is 0 Å². The van der Waals surface area contributed by atoms with Crippen molar-refractivity contribution in [2.24, 2.45) is 0 Å². The van der Waals surface area contributed by atoms with E-state index in [1.807, 2.05) is 29.0 Å². The summed E-state index contributed by atoms with van der Waals surface area (Å²) < 4.78 is 1.84. The highest BCUT2D eigenvalue weighted by Crippen LogP contribution is 2.26. The van der Waals surface area contributed by atoms with Gasteiger partial charge in [0.05, 0.1) is 0 Å². The fourth-order valence-corrected chi connectivity index (χ4v) is 4.94. The molecule has 0 radical (unpaired) electrons. The maximum Gasteiger partial charge on any atom is 0.268 e. The van der Waals surface area contributed by atoms with Crippen LogP contribution in [-0.4, -0.2) is 58.8 Å². The number of aromatic nitrogens is 3. The molecule has 3 heterocycles. The predicted molar refractivity (Wildman–Crippen MR) is 130 cm³/mol. The van der Waals surface area contributed by atoms with Crippen LogP contribution < -0.4 is 10.2 Å². The number of amides is 1. The number of anilines is 1. The highest BCUT2D eigenvalue weighted by Gasteiger charge is 2.18. The van der Waals surface area contributed by atoms with Gasteiger partial charge in [-0.3, -0.25) is 9.36 Å². The minimum atomic E-state index is -0.0766. The van der Waals surface area contributed by atoms with Gasteiger partial charge < -0.3 is 15.1 Å². The van der Waals surface area contributed by atoms with Crippen LogP contribution in [0.15, 0.2) is 48.7 Å². The molecule has 3 aromatic rings. The summed E-state index contributed by atoms with van der Waals surface area (Å²) in [6, 6.07) is 14.2. The molecule has 1 N–H and O–H groups in total. The van der Waals surface area contributed by atoms with Gasteiger partial charge in [0.25, 0.3) is 5.91 Å². The van der Waals surface area contributed by atoms with Crippen molar-refractivity contribution in [3.05, 3.63) is 59.9 Å². The van der Waals surface area contributed by atoms with Gasteiger partial charge >= 0.3 is 0 Å². The molecule has 0 atom stereocenters. The van der Waals surface area contributed by atoms with Crippen molar-refractivity contribution in [1.29, 1.82) is 0 Å². The zero-order valence-electron chi connectivity index (χ0n) is 18.7. The lowest BCUT2D eigenvalue weighted by Crippen LogP contribution is -2.29. The summed E-state index contributed by atoms with van der Waals surface area (Å²) in [5.41, 5.74) is 1.90. The molecule has 1 saturated heterocycles. The van der Waals surface area contributed by atoms with E-state index in [1.54, 1.807) is 11.3 Å². The van der Waals surface area contributed by atoms with Crippen LogP contribution >= 0.6 is 11.3 Å². The molecule has 1 amide bonds. The molecule has 0 saturated carbocycles. The Balaban J connectivity index is 1.28. The Morgan fingerprint density at radius 1 is 1.03 bits per heavy atom. The number of rotatable bonds is 9. The Morgan fingerprint density at radius 2 is 1.78 bits per heavy atom. The molecule has 4 rings (SSSR count). The van der Waals surface area contributed by atoms with Gasteiger partial charge in [0.2, 0.25) is 10.3 Å². The summed E-state index contributed by atoms with van der Waals surface area (Å²) in [6.45, 7) is 4.54. The van der Waals surface area contributed by atoms with E-state index >= 15 is 0 Å². The summed E-state index contributed by atoms with van der Waals surface area (Å²) in [5, 5.41) is 13.5.